The second kappa shape index (κ2) is 12.8. The first-order chi connectivity index (χ1) is 21.6. The molecule has 2 saturated heterocycles. The Morgan fingerprint density at radius 2 is 1.20 bits per heavy atom. The van der Waals surface area contributed by atoms with Gasteiger partial charge in [-0.15, -0.1) is 0 Å². The number of sulfonamides is 1. The van der Waals surface area contributed by atoms with Gasteiger partial charge in [-0.3, -0.25) is 4.79 Å². The Morgan fingerprint density at radius 1 is 0.674 bits per heavy atom. The second-order valence-electron chi connectivity index (χ2n) is 10.8. The van der Waals surface area contributed by atoms with E-state index in [1.165, 1.54) is 9.80 Å². The predicted octanol–water partition coefficient (Wildman–Crippen LogP) is 4.98. The van der Waals surface area contributed by atoms with Crippen LogP contribution in [0.15, 0.2) is 83.8 Å². The Bertz CT molecular complexity index is 1640. The number of nitrogens with one attached hydrogen (secondary N) is 1. The third-order valence-electron chi connectivity index (χ3n) is 7.87. The molecule has 9 nitrogen and oxygen atoms in total. The summed E-state index contributed by atoms with van der Waals surface area (Å²) in [4.78, 5) is 31.3. The molecule has 0 radical (unpaired) electrons. The van der Waals surface area contributed by atoms with Gasteiger partial charge in [0.1, 0.15) is 6.04 Å². The fourth-order valence-electron chi connectivity index (χ4n) is 5.37. The average molecular weight is 670 g/mol. The van der Waals surface area contributed by atoms with Crippen molar-refractivity contribution in [3.05, 3.63) is 90.0 Å². The number of nitrogens with zero attached hydrogens (tertiary/aromatic N) is 4. The number of halogens is 6. The summed E-state index contributed by atoms with van der Waals surface area (Å²) in [6.07, 6.45) is -9.26. The number of amides is 3. The standard InChI is InChI=1S/C30H29F6N5O4S/c31-29(32,33)21-6-10-23(11-7-21)37-28(43)40-18-19-41(46(44,45)25-12-8-22(9-13-25)30(34,35)36)26(20-40)27(42)39-16-14-38(15-17-39)24-4-2-1-3-5-24/h1-13,26H,14-20H2,(H,37,43). The first-order valence-corrected chi connectivity index (χ1v) is 15.6. The van der Waals surface area contributed by atoms with Gasteiger partial charge in [-0.25, -0.2) is 13.2 Å². The van der Waals surface area contributed by atoms with Crippen molar-refractivity contribution < 1.29 is 44.3 Å². The number of piperazine rings is 2. The van der Waals surface area contributed by atoms with Crippen molar-refractivity contribution in [3.63, 3.8) is 0 Å². The van der Waals surface area contributed by atoms with Crippen LogP contribution in [0, 0.1) is 0 Å². The highest BCUT2D eigenvalue weighted by molar-refractivity contribution is 7.89. The Balaban J connectivity index is 1.36. The number of carbonyl (C=O) groups is 2. The lowest BCUT2D eigenvalue weighted by Gasteiger charge is -2.43. The zero-order valence-corrected chi connectivity index (χ0v) is 24.9. The number of benzene rings is 3. The van der Waals surface area contributed by atoms with Gasteiger partial charge < -0.3 is 20.0 Å². The van der Waals surface area contributed by atoms with Crippen LogP contribution in [-0.4, -0.2) is 86.3 Å². The van der Waals surface area contributed by atoms with Gasteiger partial charge in [-0.1, -0.05) is 18.2 Å². The number of para-hydroxylation sites is 1. The predicted molar refractivity (Wildman–Crippen MR) is 156 cm³/mol. The molecular weight excluding hydrogens is 640 g/mol. The highest BCUT2D eigenvalue weighted by Gasteiger charge is 2.44. The normalized spacial score (nSPS) is 18.4. The van der Waals surface area contributed by atoms with Crippen LogP contribution in [-0.2, 0) is 27.2 Å². The van der Waals surface area contributed by atoms with Crippen LogP contribution in [0.3, 0.4) is 0 Å². The molecule has 2 heterocycles. The molecule has 0 saturated carbocycles. The van der Waals surface area contributed by atoms with Gasteiger partial charge in [0.25, 0.3) is 0 Å². The van der Waals surface area contributed by atoms with Gasteiger partial charge >= 0.3 is 18.4 Å². The number of hydrogen-bond donors (Lipinski definition) is 1. The Morgan fingerprint density at radius 3 is 1.74 bits per heavy atom. The summed E-state index contributed by atoms with van der Waals surface area (Å²) in [7, 11) is -4.49. The van der Waals surface area contributed by atoms with Gasteiger partial charge in [0.05, 0.1) is 16.0 Å². The minimum atomic E-state index is -4.69. The van der Waals surface area contributed by atoms with Gasteiger partial charge in [0.2, 0.25) is 15.9 Å². The highest BCUT2D eigenvalue weighted by atomic mass is 32.2. The maximum atomic E-state index is 13.9. The lowest BCUT2D eigenvalue weighted by molar-refractivity contribution is -0.138. The maximum Gasteiger partial charge on any atom is 0.416 e. The largest absolute Gasteiger partial charge is 0.416 e. The summed E-state index contributed by atoms with van der Waals surface area (Å²) in [6.45, 7) is 0.441. The lowest BCUT2D eigenvalue weighted by atomic mass is 10.1. The van der Waals surface area contributed by atoms with Crippen molar-refractivity contribution in [1.29, 1.82) is 0 Å². The number of rotatable bonds is 5. The Labute approximate surface area is 261 Å². The van der Waals surface area contributed by atoms with Crippen molar-refractivity contribution in [2.45, 2.75) is 23.3 Å². The molecule has 1 unspecified atom stereocenters. The van der Waals surface area contributed by atoms with Crippen LogP contribution in [0.4, 0.5) is 42.5 Å². The Hall–Kier alpha value is -4.31. The molecule has 3 aromatic rings. The van der Waals surface area contributed by atoms with Crippen molar-refractivity contribution in [1.82, 2.24) is 14.1 Å². The minimum Gasteiger partial charge on any atom is -0.368 e. The summed E-state index contributed by atoms with van der Waals surface area (Å²) < 4.78 is 107. The topological polar surface area (TPSA) is 93.3 Å². The van der Waals surface area contributed by atoms with Crippen LogP contribution in [0.5, 0.6) is 0 Å². The van der Waals surface area contributed by atoms with Gasteiger partial charge in [0, 0.05) is 57.2 Å². The van der Waals surface area contributed by atoms with E-state index in [0.717, 1.165) is 46.4 Å². The zero-order chi connectivity index (χ0) is 33.3. The zero-order valence-electron chi connectivity index (χ0n) is 24.1. The summed E-state index contributed by atoms with van der Waals surface area (Å²) in [5.41, 5.74) is -0.951. The van der Waals surface area contributed by atoms with E-state index in [2.05, 4.69) is 10.2 Å². The first-order valence-electron chi connectivity index (χ1n) is 14.2. The van der Waals surface area contributed by atoms with Crippen molar-refractivity contribution in [3.8, 4) is 0 Å². The van der Waals surface area contributed by atoms with Crippen LogP contribution < -0.4 is 10.2 Å². The number of carbonyl (C=O) groups excluding carboxylic acids is 2. The monoisotopic (exact) mass is 669 g/mol. The molecule has 1 atom stereocenters. The molecule has 0 bridgehead atoms. The fraction of sp³-hybridized carbons (Fsp3) is 0.333. The lowest BCUT2D eigenvalue weighted by Crippen LogP contribution is -2.63. The third-order valence-corrected chi connectivity index (χ3v) is 9.79. The SMILES string of the molecule is O=C(Nc1ccc(C(F)(F)F)cc1)N1CCN(S(=O)(=O)c2ccc(C(F)(F)F)cc2)C(C(=O)N2CCN(c3ccccc3)CC2)C1. The number of hydrogen-bond acceptors (Lipinski definition) is 5. The molecule has 16 heteroatoms. The van der Waals surface area contributed by atoms with E-state index in [0.29, 0.717) is 25.2 Å². The van der Waals surface area contributed by atoms with E-state index in [1.807, 2.05) is 30.3 Å². The van der Waals surface area contributed by atoms with Crippen LogP contribution in [0.1, 0.15) is 11.1 Å². The molecule has 46 heavy (non-hydrogen) atoms. The molecule has 0 aromatic heterocycles. The van der Waals surface area contributed by atoms with Gasteiger partial charge in [-0.05, 0) is 60.7 Å². The van der Waals surface area contributed by atoms with E-state index >= 15 is 0 Å². The molecule has 0 aliphatic carbocycles. The molecule has 2 fully saturated rings. The van der Waals surface area contributed by atoms with Crippen LogP contribution >= 0.6 is 0 Å². The summed E-state index contributed by atoms with van der Waals surface area (Å²) in [5, 5.41) is 2.47. The van der Waals surface area contributed by atoms with Crippen molar-refractivity contribution in [2.75, 3.05) is 56.0 Å². The molecule has 2 aliphatic heterocycles. The van der Waals surface area contributed by atoms with E-state index in [-0.39, 0.29) is 31.9 Å². The number of urea groups is 1. The second-order valence-corrected chi connectivity index (χ2v) is 12.6. The molecule has 3 aromatic carbocycles. The molecule has 2 aliphatic rings. The van der Waals surface area contributed by atoms with Gasteiger partial charge in [0.15, 0.2) is 0 Å². The summed E-state index contributed by atoms with van der Waals surface area (Å²) in [6, 6.07) is 13.9. The van der Waals surface area contributed by atoms with Crippen LogP contribution in [0.25, 0.3) is 0 Å². The third kappa shape index (κ3) is 7.22. The van der Waals surface area contributed by atoms with E-state index in [9.17, 15) is 44.3 Å². The summed E-state index contributed by atoms with van der Waals surface area (Å²) in [5.74, 6) is -0.588. The van der Waals surface area contributed by atoms with E-state index in [4.69, 9.17) is 0 Å². The Kier molecular flexibility index (Phi) is 9.22. The number of alkyl halides is 6. The molecule has 0 spiro atoms. The fourth-order valence-corrected chi connectivity index (χ4v) is 6.94. The van der Waals surface area contributed by atoms with E-state index in [1.54, 1.807) is 0 Å². The molecular formula is C30H29F6N5O4S. The quantitative estimate of drug-likeness (QED) is 0.387. The molecule has 1 N–H and O–H groups in total. The molecule has 246 valence electrons. The summed E-state index contributed by atoms with van der Waals surface area (Å²) >= 11 is 0. The van der Waals surface area contributed by atoms with Crippen LogP contribution in [0.2, 0.25) is 0 Å². The minimum absolute atomic E-state index is 0.0534. The van der Waals surface area contributed by atoms with E-state index < -0.39 is 62.9 Å². The first kappa shape index (κ1) is 33.1. The average Bonchev–Trinajstić information content (AvgIpc) is 3.04. The van der Waals surface area contributed by atoms with Crippen molar-refractivity contribution >= 4 is 33.3 Å². The number of anilines is 2. The smallest absolute Gasteiger partial charge is 0.368 e. The van der Waals surface area contributed by atoms with Gasteiger partial charge in [-0.2, -0.15) is 30.6 Å². The maximum absolute atomic E-state index is 13.9. The molecule has 5 rings (SSSR count). The highest BCUT2D eigenvalue weighted by Crippen LogP contribution is 2.32. The van der Waals surface area contributed by atoms with Crippen molar-refractivity contribution in [2.24, 2.45) is 0 Å². The molecule has 3 amide bonds.